The highest BCUT2D eigenvalue weighted by molar-refractivity contribution is 6.37. The summed E-state index contributed by atoms with van der Waals surface area (Å²) in [4.78, 5) is 33.7. The fraction of sp³-hybridized carbons (Fsp3) is 0.727. The number of ketones is 1. The maximum Gasteiger partial charge on any atom is 0.408 e. The van der Waals surface area contributed by atoms with Gasteiger partial charge in [0.15, 0.2) is 0 Å². The molecular formula is C11H17NO5. The Labute approximate surface area is 99.3 Å². The molecule has 0 unspecified atom stereocenters. The van der Waals surface area contributed by atoms with Crippen LogP contribution in [0, 0.1) is 0 Å². The molecule has 0 bridgehead atoms. The van der Waals surface area contributed by atoms with E-state index < -0.39 is 29.0 Å². The molecule has 0 aliphatic heterocycles. The van der Waals surface area contributed by atoms with Gasteiger partial charge in [-0.3, -0.25) is 4.79 Å². The zero-order valence-corrected chi connectivity index (χ0v) is 10.2. The number of carbonyl (C=O) groups excluding carboxylic acids is 2. The molecule has 1 fully saturated rings. The maximum atomic E-state index is 11.5. The number of carboxylic acids is 1. The van der Waals surface area contributed by atoms with Gasteiger partial charge in [0.2, 0.25) is 0 Å². The predicted octanol–water partition coefficient (Wildman–Crippen LogP) is 1.09. The van der Waals surface area contributed by atoms with E-state index in [1.807, 2.05) is 0 Å². The van der Waals surface area contributed by atoms with Crippen molar-refractivity contribution in [2.24, 2.45) is 0 Å². The van der Waals surface area contributed by atoms with Crippen LogP contribution < -0.4 is 5.32 Å². The molecule has 1 rings (SSSR count). The minimum Gasteiger partial charge on any atom is -0.475 e. The number of hydrogen-bond donors (Lipinski definition) is 2. The monoisotopic (exact) mass is 243 g/mol. The number of rotatable bonds is 3. The van der Waals surface area contributed by atoms with Crippen LogP contribution in [0.5, 0.6) is 0 Å². The molecule has 0 radical (unpaired) electrons. The van der Waals surface area contributed by atoms with Crippen LogP contribution in [0.15, 0.2) is 0 Å². The molecule has 0 aromatic rings. The van der Waals surface area contributed by atoms with E-state index in [0.717, 1.165) is 6.42 Å². The molecule has 0 aromatic heterocycles. The van der Waals surface area contributed by atoms with Gasteiger partial charge >= 0.3 is 12.1 Å². The van der Waals surface area contributed by atoms with Crippen LogP contribution in [0.4, 0.5) is 4.79 Å². The van der Waals surface area contributed by atoms with Gasteiger partial charge in [-0.25, -0.2) is 9.59 Å². The minimum absolute atomic E-state index is 0.345. The Balaban J connectivity index is 2.67. The van der Waals surface area contributed by atoms with Gasteiger partial charge in [0.1, 0.15) is 11.1 Å². The lowest BCUT2D eigenvalue weighted by Gasteiger charge is -2.39. The first-order chi connectivity index (χ1) is 7.66. The second kappa shape index (κ2) is 4.35. The largest absolute Gasteiger partial charge is 0.475 e. The third-order valence-electron chi connectivity index (χ3n) is 2.58. The summed E-state index contributed by atoms with van der Waals surface area (Å²) in [6, 6.07) is 0. The molecule has 0 spiro atoms. The van der Waals surface area contributed by atoms with E-state index >= 15 is 0 Å². The fourth-order valence-electron chi connectivity index (χ4n) is 1.64. The highest BCUT2D eigenvalue weighted by Crippen LogP contribution is 2.33. The summed E-state index contributed by atoms with van der Waals surface area (Å²) in [5, 5.41) is 11.1. The summed E-state index contributed by atoms with van der Waals surface area (Å²) >= 11 is 0. The summed E-state index contributed by atoms with van der Waals surface area (Å²) in [7, 11) is 0. The van der Waals surface area contributed by atoms with E-state index in [-0.39, 0.29) is 0 Å². The summed E-state index contributed by atoms with van der Waals surface area (Å²) in [5.41, 5.74) is -1.95. The SMILES string of the molecule is CC(C)(C)OC(=O)NC1(C(=O)C(=O)O)CCC1. The van der Waals surface area contributed by atoms with Crippen LogP contribution in [0.2, 0.25) is 0 Å². The number of Topliss-reactive ketones (excluding diaryl/α,β-unsaturated/α-hetero) is 1. The van der Waals surface area contributed by atoms with Crippen molar-refractivity contribution in [2.45, 2.75) is 51.2 Å². The van der Waals surface area contributed by atoms with E-state index in [2.05, 4.69) is 5.32 Å². The van der Waals surface area contributed by atoms with Crippen molar-refractivity contribution in [3.05, 3.63) is 0 Å². The van der Waals surface area contributed by atoms with Gasteiger partial charge in [0.25, 0.3) is 5.78 Å². The number of amides is 1. The molecular weight excluding hydrogens is 226 g/mol. The maximum absolute atomic E-state index is 11.5. The van der Waals surface area contributed by atoms with Gasteiger partial charge < -0.3 is 15.2 Å². The molecule has 17 heavy (non-hydrogen) atoms. The van der Waals surface area contributed by atoms with E-state index in [0.29, 0.717) is 12.8 Å². The summed E-state index contributed by atoms with van der Waals surface area (Å²) < 4.78 is 5.00. The van der Waals surface area contributed by atoms with E-state index in [1.54, 1.807) is 20.8 Å². The molecule has 0 saturated heterocycles. The normalized spacial score (nSPS) is 17.8. The smallest absolute Gasteiger partial charge is 0.408 e. The number of alkyl carbamates (subject to hydrolysis) is 1. The molecule has 0 heterocycles. The molecule has 1 amide bonds. The molecule has 6 heteroatoms. The van der Waals surface area contributed by atoms with Crippen molar-refractivity contribution in [1.82, 2.24) is 5.32 Å². The van der Waals surface area contributed by atoms with Gasteiger partial charge in [-0.2, -0.15) is 0 Å². The van der Waals surface area contributed by atoms with Crippen molar-refractivity contribution in [1.29, 1.82) is 0 Å². The Morgan fingerprint density at radius 3 is 2.06 bits per heavy atom. The second-order valence-electron chi connectivity index (χ2n) is 5.20. The summed E-state index contributed by atoms with van der Waals surface area (Å²) in [6.07, 6.45) is 0.649. The van der Waals surface area contributed by atoms with E-state index in [1.165, 1.54) is 0 Å². The Hall–Kier alpha value is -1.59. The molecule has 1 aliphatic rings. The number of ether oxygens (including phenoxy) is 1. The molecule has 0 aromatic carbocycles. The average molecular weight is 243 g/mol. The van der Waals surface area contributed by atoms with Crippen molar-refractivity contribution in [2.75, 3.05) is 0 Å². The Morgan fingerprint density at radius 2 is 1.76 bits per heavy atom. The molecule has 0 atom stereocenters. The Morgan fingerprint density at radius 1 is 1.24 bits per heavy atom. The quantitative estimate of drug-likeness (QED) is 0.724. The van der Waals surface area contributed by atoms with Crippen LogP contribution >= 0.6 is 0 Å². The third kappa shape index (κ3) is 3.18. The fourth-order valence-corrected chi connectivity index (χ4v) is 1.64. The van der Waals surface area contributed by atoms with Crippen LogP contribution in [0.25, 0.3) is 0 Å². The number of hydrogen-bond acceptors (Lipinski definition) is 4. The average Bonchev–Trinajstić information content (AvgIpc) is 2.07. The molecule has 6 nitrogen and oxygen atoms in total. The van der Waals surface area contributed by atoms with Gasteiger partial charge in [0, 0.05) is 0 Å². The van der Waals surface area contributed by atoms with Crippen molar-refractivity contribution in [3.8, 4) is 0 Å². The number of nitrogens with one attached hydrogen (secondary N) is 1. The van der Waals surface area contributed by atoms with E-state index in [9.17, 15) is 14.4 Å². The van der Waals surface area contributed by atoms with E-state index in [4.69, 9.17) is 9.84 Å². The molecule has 1 saturated carbocycles. The number of aliphatic carboxylic acids is 1. The highest BCUT2D eigenvalue weighted by Gasteiger charge is 2.49. The van der Waals surface area contributed by atoms with Gasteiger partial charge in [0.05, 0.1) is 0 Å². The van der Waals surface area contributed by atoms with Gasteiger partial charge in [-0.05, 0) is 40.0 Å². The van der Waals surface area contributed by atoms with Crippen LogP contribution in [-0.4, -0.2) is 34.1 Å². The molecule has 2 N–H and O–H groups in total. The first kappa shape index (κ1) is 13.5. The summed E-state index contributed by atoms with van der Waals surface area (Å²) in [6.45, 7) is 5.08. The predicted molar refractivity (Wildman–Crippen MR) is 58.6 cm³/mol. The van der Waals surface area contributed by atoms with Crippen molar-refractivity contribution >= 4 is 17.8 Å². The third-order valence-corrected chi connectivity index (χ3v) is 2.58. The lowest BCUT2D eigenvalue weighted by Crippen LogP contribution is -2.61. The molecule has 96 valence electrons. The zero-order valence-electron chi connectivity index (χ0n) is 10.2. The van der Waals surface area contributed by atoms with Crippen molar-refractivity contribution in [3.63, 3.8) is 0 Å². The van der Waals surface area contributed by atoms with Gasteiger partial charge in [-0.1, -0.05) is 0 Å². The Bertz CT molecular complexity index is 351. The first-order valence-electron chi connectivity index (χ1n) is 5.45. The second-order valence-corrected chi connectivity index (χ2v) is 5.20. The summed E-state index contributed by atoms with van der Waals surface area (Å²) in [5.74, 6) is -2.50. The minimum atomic E-state index is -1.53. The molecule has 1 aliphatic carbocycles. The Kier molecular flexibility index (Phi) is 3.45. The van der Waals surface area contributed by atoms with Crippen LogP contribution in [-0.2, 0) is 14.3 Å². The highest BCUT2D eigenvalue weighted by atomic mass is 16.6. The lowest BCUT2D eigenvalue weighted by atomic mass is 9.73. The standard InChI is InChI=1S/C11H17NO5/c1-10(2,3)17-9(16)12-11(5-4-6-11)7(13)8(14)15/h4-6H2,1-3H3,(H,12,16)(H,14,15). The first-order valence-corrected chi connectivity index (χ1v) is 5.45. The lowest BCUT2D eigenvalue weighted by molar-refractivity contribution is -0.154. The zero-order chi connectivity index (χ0) is 13.3. The topological polar surface area (TPSA) is 92.7 Å². The van der Waals surface area contributed by atoms with Gasteiger partial charge in [-0.15, -0.1) is 0 Å². The van der Waals surface area contributed by atoms with Crippen molar-refractivity contribution < 1.29 is 24.2 Å². The van der Waals surface area contributed by atoms with Crippen LogP contribution in [0.1, 0.15) is 40.0 Å². The number of carbonyl (C=O) groups is 3. The van der Waals surface area contributed by atoms with Crippen LogP contribution in [0.3, 0.4) is 0 Å². The number of carboxylic acid groups (broad SMARTS) is 1.